The highest BCUT2D eigenvalue weighted by molar-refractivity contribution is 6.05. The molecule has 1 aliphatic carbocycles. The first-order chi connectivity index (χ1) is 11.1. The molecule has 23 heavy (non-hydrogen) atoms. The summed E-state index contributed by atoms with van der Waals surface area (Å²) in [7, 11) is 0. The van der Waals surface area contributed by atoms with E-state index in [1.54, 1.807) is 12.1 Å². The molecule has 0 N–H and O–H groups in total. The van der Waals surface area contributed by atoms with Crippen molar-refractivity contribution in [1.82, 2.24) is 0 Å². The molecule has 2 aromatic rings. The Kier molecular flexibility index (Phi) is 4.47. The molecule has 0 atom stereocenters. The van der Waals surface area contributed by atoms with Crippen molar-refractivity contribution >= 4 is 17.2 Å². The molecule has 118 valence electrons. The summed E-state index contributed by atoms with van der Waals surface area (Å²) in [4.78, 5) is 0. The zero-order valence-electron chi connectivity index (χ0n) is 14.1. The third-order valence-electron chi connectivity index (χ3n) is 4.64. The summed E-state index contributed by atoms with van der Waals surface area (Å²) in [5.41, 5.74) is 8.54. The van der Waals surface area contributed by atoms with Gasteiger partial charge < -0.3 is 0 Å². The van der Waals surface area contributed by atoms with Crippen LogP contribution in [0.4, 0.5) is 4.39 Å². The number of rotatable bonds is 4. The second-order valence-corrected chi connectivity index (χ2v) is 6.20. The monoisotopic (exact) mass is 306 g/mol. The van der Waals surface area contributed by atoms with Gasteiger partial charge >= 0.3 is 0 Å². The fourth-order valence-electron chi connectivity index (χ4n) is 3.45. The second kappa shape index (κ2) is 6.54. The molecule has 0 saturated carbocycles. The van der Waals surface area contributed by atoms with Crippen LogP contribution < -0.4 is 0 Å². The van der Waals surface area contributed by atoms with Crippen LogP contribution in [0.1, 0.15) is 55.9 Å². The fourth-order valence-corrected chi connectivity index (χ4v) is 3.45. The average molecular weight is 306 g/mol. The van der Waals surface area contributed by atoms with Gasteiger partial charge in [-0.15, -0.1) is 0 Å². The maximum Gasteiger partial charge on any atom is 0.123 e. The van der Waals surface area contributed by atoms with Gasteiger partial charge in [0.15, 0.2) is 0 Å². The van der Waals surface area contributed by atoms with E-state index in [0.29, 0.717) is 0 Å². The first-order valence-corrected chi connectivity index (χ1v) is 8.45. The maximum absolute atomic E-state index is 13.6. The Morgan fingerprint density at radius 3 is 2.35 bits per heavy atom. The SMILES string of the molecule is CCCc1ccc(/C=C2/C(C)=C(CC)c3cc(F)ccc32)cc1. The van der Waals surface area contributed by atoms with Gasteiger partial charge in [0.2, 0.25) is 0 Å². The van der Waals surface area contributed by atoms with Crippen molar-refractivity contribution in [3.05, 3.63) is 76.1 Å². The Morgan fingerprint density at radius 2 is 1.70 bits per heavy atom. The van der Waals surface area contributed by atoms with Gasteiger partial charge in [-0.2, -0.15) is 0 Å². The van der Waals surface area contributed by atoms with E-state index in [1.807, 2.05) is 6.07 Å². The van der Waals surface area contributed by atoms with Crippen LogP contribution in [-0.2, 0) is 6.42 Å². The molecule has 0 amide bonds. The lowest BCUT2D eigenvalue weighted by atomic mass is 9.99. The number of hydrogen-bond donors (Lipinski definition) is 0. The van der Waals surface area contributed by atoms with Gasteiger partial charge in [0.1, 0.15) is 5.82 Å². The summed E-state index contributed by atoms with van der Waals surface area (Å²) in [5.74, 6) is -0.160. The number of aryl methyl sites for hydroxylation is 1. The molecular formula is C22H23F. The van der Waals surface area contributed by atoms with E-state index >= 15 is 0 Å². The van der Waals surface area contributed by atoms with Crippen LogP contribution in [0.2, 0.25) is 0 Å². The quantitative estimate of drug-likeness (QED) is 0.603. The summed E-state index contributed by atoms with van der Waals surface area (Å²) in [6, 6.07) is 13.9. The van der Waals surface area contributed by atoms with Crippen LogP contribution >= 0.6 is 0 Å². The van der Waals surface area contributed by atoms with E-state index in [4.69, 9.17) is 0 Å². The summed E-state index contributed by atoms with van der Waals surface area (Å²) in [6.45, 7) is 6.48. The van der Waals surface area contributed by atoms with Gasteiger partial charge in [-0.05, 0) is 76.9 Å². The predicted molar refractivity (Wildman–Crippen MR) is 97.6 cm³/mol. The minimum Gasteiger partial charge on any atom is -0.207 e. The highest BCUT2D eigenvalue weighted by atomic mass is 19.1. The number of hydrogen-bond acceptors (Lipinski definition) is 0. The molecule has 0 unspecified atom stereocenters. The molecule has 0 aliphatic heterocycles. The van der Waals surface area contributed by atoms with Crippen LogP contribution in [0.3, 0.4) is 0 Å². The first-order valence-electron chi connectivity index (χ1n) is 8.45. The van der Waals surface area contributed by atoms with E-state index in [1.165, 1.54) is 34.3 Å². The van der Waals surface area contributed by atoms with Crippen LogP contribution in [-0.4, -0.2) is 0 Å². The van der Waals surface area contributed by atoms with Crippen LogP contribution in [0.5, 0.6) is 0 Å². The smallest absolute Gasteiger partial charge is 0.123 e. The van der Waals surface area contributed by atoms with Crippen molar-refractivity contribution < 1.29 is 4.39 Å². The first kappa shape index (κ1) is 15.7. The number of halogens is 1. The van der Waals surface area contributed by atoms with Crippen molar-refractivity contribution in [1.29, 1.82) is 0 Å². The number of fused-ring (bicyclic) bond motifs is 1. The number of allylic oxidation sites excluding steroid dienone is 3. The topological polar surface area (TPSA) is 0 Å². The molecule has 0 bridgehead atoms. The van der Waals surface area contributed by atoms with E-state index in [-0.39, 0.29) is 5.82 Å². The summed E-state index contributed by atoms with van der Waals surface area (Å²) in [6.07, 6.45) is 5.44. The zero-order chi connectivity index (χ0) is 16.4. The highest BCUT2D eigenvalue weighted by Gasteiger charge is 2.22. The molecule has 1 heteroatoms. The van der Waals surface area contributed by atoms with Crippen molar-refractivity contribution in [2.24, 2.45) is 0 Å². The molecule has 0 heterocycles. The van der Waals surface area contributed by atoms with Gasteiger partial charge in [-0.1, -0.05) is 50.6 Å². The van der Waals surface area contributed by atoms with Crippen molar-refractivity contribution in [2.45, 2.75) is 40.0 Å². The van der Waals surface area contributed by atoms with Crippen LogP contribution in [0.25, 0.3) is 17.2 Å². The molecule has 2 aromatic carbocycles. The Balaban J connectivity index is 2.04. The Labute approximate surface area is 138 Å². The van der Waals surface area contributed by atoms with Crippen molar-refractivity contribution in [3.8, 4) is 0 Å². The van der Waals surface area contributed by atoms with Gasteiger partial charge in [0.05, 0.1) is 0 Å². The molecule has 0 fully saturated rings. The number of benzene rings is 2. The Bertz CT molecular complexity index is 776. The standard InChI is InChI=1S/C22H23F/c1-4-6-16-7-9-17(10-8-16)13-21-15(3)19(5-2)22-14-18(23)11-12-20(21)22/h7-14H,4-6H2,1-3H3/b21-13-. The summed E-state index contributed by atoms with van der Waals surface area (Å²) in [5, 5.41) is 0. The van der Waals surface area contributed by atoms with Gasteiger partial charge in [0, 0.05) is 0 Å². The molecule has 0 saturated heterocycles. The molecule has 0 aromatic heterocycles. The molecular weight excluding hydrogens is 283 g/mol. The average Bonchev–Trinajstić information content (AvgIpc) is 2.80. The van der Waals surface area contributed by atoms with E-state index in [0.717, 1.165) is 24.0 Å². The Morgan fingerprint density at radius 1 is 0.957 bits per heavy atom. The maximum atomic E-state index is 13.6. The van der Waals surface area contributed by atoms with Gasteiger partial charge in [0.25, 0.3) is 0 Å². The lowest BCUT2D eigenvalue weighted by Gasteiger charge is -2.05. The van der Waals surface area contributed by atoms with E-state index < -0.39 is 0 Å². The minimum atomic E-state index is -0.160. The largest absolute Gasteiger partial charge is 0.207 e. The molecule has 3 rings (SSSR count). The van der Waals surface area contributed by atoms with E-state index in [2.05, 4.69) is 51.1 Å². The summed E-state index contributed by atoms with van der Waals surface area (Å²) < 4.78 is 13.6. The molecule has 0 nitrogen and oxygen atoms in total. The third-order valence-corrected chi connectivity index (χ3v) is 4.64. The second-order valence-electron chi connectivity index (χ2n) is 6.20. The van der Waals surface area contributed by atoms with Crippen molar-refractivity contribution in [3.63, 3.8) is 0 Å². The summed E-state index contributed by atoms with van der Waals surface area (Å²) >= 11 is 0. The van der Waals surface area contributed by atoms with Crippen LogP contribution in [0, 0.1) is 5.82 Å². The zero-order valence-corrected chi connectivity index (χ0v) is 14.1. The predicted octanol–water partition coefficient (Wildman–Crippen LogP) is 6.52. The fraction of sp³-hybridized carbons (Fsp3) is 0.273. The normalized spacial score (nSPS) is 15.4. The van der Waals surface area contributed by atoms with Gasteiger partial charge in [-0.25, -0.2) is 4.39 Å². The van der Waals surface area contributed by atoms with Crippen LogP contribution in [0.15, 0.2) is 48.0 Å². The lowest BCUT2D eigenvalue weighted by molar-refractivity contribution is 0.627. The van der Waals surface area contributed by atoms with Gasteiger partial charge in [-0.3, -0.25) is 0 Å². The highest BCUT2D eigenvalue weighted by Crippen LogP contribution is 2.43. The molecule has 1 aliphatic rings. The third kappa shape index (κ3) is 3.01. The molecule has 0 radical (unpaired) electrons. The minimum absolute atomic E-state index is 0.160. The van der Waals surface area contributed by atoms with Crippen molar-refractivity contribution in [2.75, 3.05) is 0 Å². The Hall–Kier alpha value is -2.15. The molecule has 0 spiro atoms. The van der Waals surface area contributed by atoms with E-state index in [9.17, 15) is 4.39 Å². The lowest BCUT2D eigenvalue weighted by Crippen LogP contribution is -1.87.